The van der Waals surface area contributed by atoms with Gasteiger partial charge in [-0.2, -0.15) is 10.2 Å². The van der Waals surface area contributed by atoms with Gasteiger partial charge in [0, 0.05) is 17.0 Å². The zero-order chi connectivity index (χ0) is 41.7. The first-order valence-electron chi connectivity index (χ1n) is 19.9. The Morgan fingerprint density at radius 3 is 2.07 bits per heavy atom. The molecule has 0 saturated carbocycles. The molecule has 0 unspecified atom stereocenters. The molecule has 0 atom stereocenters. The molecule has 5 aromatic rings. The lowest BCUT2D eigenvalue weighted by Crippen LogP contribution is -2.33. The fourth-order valence-electron chi connectivity index (χ4n) is 6.66. The molecule has 0 aliphatic rings. The van der Waals surface area contributed by atoms with Gasteiger partial charge in [0.15, 0.2) is 15.6 Å². The minimum atomic E-state index is -3.92. The number of benzene rings is 5. The van der Waals surface area contributed by atoms with Crippen LogP contribution in [0.15, 0.2) is 106 Å². The summed E-state index contributed by atoms with van der Waals surface area (Å²) in [5.41, 5.74) is 8.98. The molecule has 0 aliphatic carbocycles. The number of unbranched alkanes of at least 4 members (excludes halogenated alkanes) is 9. The highest BCUT2D eigenvalue weighted by Gasteiger charge is 2.26. The van der Waals surface area contributed by atoms with Crippen molar-refractivity contribution in [2.45, 2.75) is 96.4 Å². The third-order valence-corrected chi connectivity index (χ3v) is 11.1. The van der Waals surface area contributed by atoms with Gasteiger partial charge in [-0.05, 0) is 79.9 Å². The van der Waals surface area contributed by atoms with E-state index in [-0.39, 0.29) is 28.5 Å². The highest BCUT2D eigenvalue weighted by atomic mass is 32.2. The number of azo groups is 1. The lowest BCUT2D eigenvalue weighted by molar-refractivity contribution is 0.0998. The summed E-state index contributed by atoms with van der Waals surface area (Å²) in [4.78, 5) is 27.5. The van der Waals surface area contributed by atoms with E-state index >= 15 is 0 Å². The number of primary amides is 1. The fraction of sp³-hybridized carbons (Fsp3) is 0.348. The maximum absolute atomic E-state index is 14.3. The third-order valence-electron chi connectivity index (χ3n) is 9.98. The molecule has 0 saturated heterocycles. The van der Waals surface area contributed by atoms with E-state index in [9.17, 15) is 23.1 Å². The Labute approximate surface area is 341 Å². The van der Waals surface area contributed by atoms with Crippen molar-refractivity contribution in [3.05, 3.63) is 113 Å². The number of fused-ring (bicyclic) bond motifs is 1. The number of hydrogen-bond acceptors (Lipinski definition) is 9. The van der Waals surface area contributed by atoms with Crippen LogP contribution >= 0.6 is 0 Å². The SMILES string of the molecule is CCCCCCCCCCCCOc1ccc(CN(C(=O)Oc2cc(C)c(N=Nc3ccc(C)cc3)cc2S(C)(=O)=O)c2cccc3c(O)c(C(N)=O)ccc23)cc1. The summed E-state index contributed by atoms with van der Waals surface area (Å²) in [7, 11) is -3.92. The van der Waals surface area contributed by atoms with Gasteiger partial charge < -0.3 is 20.3 Å². The molecule has 12 heteroatoms. The molecule has 2 amide bonds. The lowest BCUT2D eigenvalue weighted by Gasteiger charge is -2.25. The number of aryl methyl sites for hydroxylation is 2. The summed E-state index contributed by atoms with van der Waals surface area (Å²) in [6.45, 7) is 6.52. The number of anilines is 1. The topological polar surface area (TPSA) is 161 Å². The number of hydrogen-bond donors (Lipinski definition) is 2. The second kappa shape index (κ2) is 20.6. The molecule has 5 rings (SSSR count). The fourth-order valence-corrected chi connectivity index (χ4v) is 7.45. The van der Waals surface area contributed by atoms with E-state index in [1.807, 2.05) is 43.3 Å². The molecule has 0 spiro atoms. The highest BCUT2D eigenvalue weighted by molar-refractivity contribution is 7.90. The number of amides is 2. The first kappa shape index (κ1) is 43.4. The number of ether oxygens (including phenoxy) is 2. The van der Waals surface area contributed by atoms with Gasteiger partial charge in [-0.15, -0.1) is 0 Å². The van der Waals surface area contributed by atoms with Gasteiger partial charge in [-0.3, -0.25) is 9.69 Å². The Kier molecular flexibility index (Phi) is 15.4. The van der Waals surface area contributed by atoms with E-state index in [0.29, 0.717) is 45.8 Å². The average molecular weight is 807 g/mol. The van der Waals surface area contributed by atoms with Crippen LogP contribution in [0, 0.1) is 13.8 Å². The summed E-state index contributed by atoms with van der Waals surface area (Å²) in [5, 5.41) is 20.3. The second-order valence-corrected chi connectivity index (χ2v) is 16.7. The zero-order valence-corrected chi connectivity index (χ0v) is 34.7. The van der Waals surface area contributed by atoms with Crippen molar-refractivity contribution < 1.29 is 32.6 Å². The monoisotopic (exact) mass is 806 g/mol. The van der Waals surface area contributed by atoms with Crippen LogP contribution in [-0.2, 0) is 16.4 Å². The molecule has 11 nitrogen and oxygen atoms in total. The molecule has 306 valence electrons. The Bertz CT molecular complexity index is 2330. The largest absolute Gasteiger partial charge is 0.506 e. The van der Waals surface area contributed by atoms with E-state index < -0.39 is 21.8 Å². The Balaban J connectivity index is 1.37. The molecule has 0 heterocycles. The van der Waals surface area contributed by atoms with Gasteiger partial charge in [0.05, 0.1) is 35.8 Å². The van der Waals surface area contributed by atoms with Gasteiger partial charge >= 0.3 is 6.09 Å². The number of sulfone groups is 1. The Morgan fingerprint density at radius 2 is 1.43 bits per heavy atom. The number of carbonyl (C=O) groups is 2. The van der Waals surface area contributed by atoms with Crippen molar-refractivity contribution in [1.82, 2.24) is 0 Å². The molecule has 0 aromatic heterocycles. The van der Waals surface area contributed by atoms with Crippen LogP contribution in [0.5, 0.6) is 17.2 Å². The van der Waals surface area contributed by atoms with Crippen molar-refractivity contribution in [1.29, 1.82) is 0 Å². The average Bonchev–Trinajstić information content (AvgIpc) is 3.19. The van der Waals surface area contributed by atoms with Crippen LogP contribution in [0.2, 0.25) is 0 Å². The van der Waals surface area contributed by atoms with Crippen molar-refractivity contribution in [2.75, 3.05) is 17.8 Å². The predicted molar refractivity (Wildman–Crippen MR) is 230 cm³/mol. The number of rotatable bonds is 20. The van der Waals surface area contributed by atoms with E-state index in [2.05, 4.69) is 17.2 Å². The van der Waals surface area contributed by atoms with Crippen molar-refractivity contribution in [2.24, 2.45) is 16.0 Å². The first-order valence-corrected chi connectivity index (χ1v) is 21.8. The molecule has 3 N–H and O–H groups in total. The van der Waals surface area contributed by atoms with Gasteiger partial charge in [0.25, 0.3) is 5.91 Å². The maximum Gasteiger partial charge on any atom is 0.420 e. The molecule has 0 radical (unpaired) electrons. The summed E-state index contributed by atoms with van der Waals surface area (Å²) in [5.74, 6) is -0.605. The Morgan fingerprint density at radius 1 is 0.776 bits per heavy atom. The third kappa shape index (κ3) is 11.9. The minimum Gasteiger partial charge on any atom is -0.506 e. The highest BCUT2D eigenvalue weighted by Crippen LogP contribution is 2.38. The van der Waals surface area contributed by atoms with Crippen LogP contribution in [0.4, 0.5) is 21.9 Å². The molecule has 5 aromatic carbocycles. The van der Waals surface area contributed by atoms with Crippen molar-refractivity contribution in [3.8, 4) is 17.2 Å². The van der Waals surface area contributed by atoms with Crippen LogP contribution in [-0.4, -0.2) is 38.4 Å². The van der Waals surface area contributed by atoms with Crippen LogP contribution in [0.3, 0.4) is 0 Å². The van der Waals surface area contributed by atoms with Crippen molar-refractivity contribution in [3.63, 3.8) is 0 Å². The summed E-state index contributed by atoms with van der Waals surface area (Å²) in [6, 6.07) is 25.5. The minimum absolute atomic E-state index is 0.00500. The molecule has 0 aliphatic heterocycles. The van der Waals surface area contributed by atoms with Gasteiger partial charge in [-0.1, -0.05) is 113 Å². The summed E-state index contributed by atoms with van der Waals surface area (Å²) in [6.07, 6.45) is 12.5. The van der Waals surface area contributed by atoms with E-state index in [1.54, 1.807) is 43.3 Å². The number of nitrogens with two attached hydrogens (primary N) is 1. The van der Waals surface area contributed by atoms with E-state index in [4.69, 9.17) is 15.2 Å². The molecular weight excluding hydrogens is 753 g/mol. The number of carbonyl (C=O) groups excluding carboxylic acids is 2. The summed E-state index contributed by atoms with van der Waals surface area (Å²) < 4.78 is 38.2. The predicted octanol–water partition coefficient (Wildman–Crippen LogP) is 11.6. The van der Waals surface area contributed by atoms with Gasteiger partial charge in [-0.25, -0.2) is 13.2 Å². The van der Waals surface area contributed by atoms with Gasteiger partial charge in [0.2, 0.25) is 0 Å². The van der Waals surface area contributed by atoms with Gasteiger partial charge in [0.1, 0.15) is 16.4 Å². The number of aromatic hydroxyl groups is 1. The molecule has 0 bridgehead atoms. The van der Waals surface area contributed by atoms with Crippen LogP contribution < -0.4 is 20.1 Å². The zero-order valence-electron chi connectivity index (χ0n) is 33.9. The molecular formula is C46H54N4O7S. The first-order chi connectivity index (χ1) is 27.8. The lowest BCUT2D eigenvalue weighted by atomic mass is 10.0. The van der Waals surface area contributed by atoms with Crippen LogP contribution in [0.25, 0.3) is 10.8 Å². The normalized spacial score (nSPS) is 11.6. The molecule has 58 heavy (non-hydrogen) atoms. The number of phenols is 1. The maximum atomic E-state index is 14.3. The molecule has 0 fully saturated rings. The Hall–Kier alpha value is -5.75. The van der Waals surface area contributed by atoms with E-state index in [0.717, 1.165) is 30.2 Å². The standard InChI is InChI=1S/C46H54N4O7S/c1-5-6-7-8-9-10-11-12-13-14-28-56-36-24-20-34(21-25-36)31-50(41-17-15-16-38-37(41)26-27-39(44(38)51)45(47)52)46(53)57-42-29-33(3)40(30-43(42)58(4,54)55)49-48-35-22-18-32(2)19-23-35/h15-27,29-30,51H,5-14,28,31H2,1-4H3,(H2,47,52). The number of nitrogens with zero attached hydrogens (tertiary/aromatic N) is 3. The summed E-state index contributed by atoms with van der Waals surface area (Å²) >= 11 is 0. The smallest absolute Gasteiger partial charge is 0.420 e. The van der Waals surface area contributed by atoms with Crippen LogP contribution in [0.1, 0.15) is 98.2 Å². The van der Waals surface area contributed by atoms with E-state index in [1.165, 1.54) is 74.5 Å². The second-order valence-electron chi connectivity index (χ2n) is 14.7. The quantitative estimate of drug-likeness (QED) is 0.0584. The van der Waals surface area contributed by atoms with Crippen molar-refractivity contribution >= 4 is 49.7 Å².